The lowest BCUT2D eigenvalue weighted by Gasteiger charge is -2.38. The Morgan fingerprint density at radius 1 is 1.45 bits per heavy atom. The highest BCUT2D eigenvalue weighted by atomic mass is 16.3. The fraction of sp³-hybridized carbons (Fsp3) is 0.688. The van der Waals surface area contributed by atoms with Gasteiger partial charge < -0.3 is 15.0 Å². The van der Waals surface area contributed by atoms with E-state index in [1.54, 1.807) is 0 Å². The molecule has 2 N–H and O–H groups in total. The lowest BCUT2D eigenvalue weighted by atomic mass is 9.73. The third-order valence-corrected chi connectivity index (χ3v) is 4.88. The fourth-order valence-electron chi connectivity index (χ4n) is 3.22. The molecule has 0 saturated heterocycles. The van der Waals surface area contributed by atoms with Gasteiger partial charge >= 0.3 is 0 Å². The van der Waals surface area contributed by atoms with Crippen LogP contribution in [0, 0.1) is 5.41 Å². The third-order valence-electron chi connectivity index (χ3n) is 4.88. The minimum atomic E-state index is -0.299. The highest BCUT2D eigenvalue weighted by Gasteiger charge is 2.36. The summed E-state index contributed by atoms with van der Waals surface area (Å²) in [4.78, 5) is 12.3. The van der Waals surface area contributed by atoms with Crippen LogP contribution in [0.1, 0.15) is 62.0 Å². The average molecular weight is 276 g/mol. The molecule has 110 valence electrons. The van der Waals surface area contributed by atoms with Crippen molar-refractivity contribution in [3.05, 3.63) is 24.0 Å². The van der Waals surface area contributed by atoms with Gasteiger partial charge in [0.1, 0.15) is 5.69 Å². The standard InChI is InChI=1S/C16H24N2O2/c1-16(9-3-2-6-14(16)19)11-17-15(20)13-5-4-10-18(13)12-7-8-12/h4-5,10,12,14,19H,2-3,6-9,11H2,1H3,(H,17,20). The summed E-state index contributed by atoms with van der Waals surface area (Å²) in [5.74, 6) is -0.0131. The van der Waals surface area contributed by atoms with E-state index < -0.39 is 0 Å². The molecule has 0 radical (unpaired) electrons. The van der Waals surface area contributed by atoms with Crippen molar-refractivity contribution >= 4 is 5.91 Å². The van der Waals surface area contributed by atoms with Gasteiger partial charge in [-0.25, -0.2) is 0 Å². The molecule has 1 aromatic heterocycles. The van der Waals surface area contributed by atoms with Crippen LogP contribution in [0.15, 0.2) is 18.3 Å². The predicted octanol–water partition coefficient (Wildman–Crippen LogP) is 2.49. The van der Waals surface area contributed by atoms with Crippen LogP contribution >= 0.6 is 0 Å². The molecule has 2 saturated carbocycles. The maximum atomic E-state index is 12.3. The monoisotopic (exact) mass is 276 g/mol. The fourth-order valence-corrected chi connectivity index (χ4v) is 3.22. The third kappa shape index (κ3) is 2.62. The van der Waals surface area contributed by atoms with Gasteiger partial charge in [-0.15, -0.1) is 0 Å². The van der Waals surface area contributed by atoms with Crippen LogP contribution in [-0.2, 0) is 0 Å². The molecule has 1 amide bonds. The SMILES string of the molecule is CC1(CNC(=O)c2cccn2C2CC2)CCCCC1O. The zero-order valence-corrected chi connectivity index (χ0v) is 12.1. The molecule has 2 aliphatic rings. The topological polar surface area (TPSA) is 54.3 Å². The van der Waals surface area contributed by atoms with Crippen LogP contribution < -0.4 is 5.32 Å². The molecule has 4 nitrogen and oxygen atoms in total. The van der Waals surface area contributed by atoms with Gasteiger partial charge in [-0.1, -0.05) is 19.8 Å². The Kier molecular flexibility index (Phi) is 3.59. The van der Waals surface area contributed by atoms with Gasteiger partial charge in [0.25, 0.3) is 5.91 Å². The van der Waals surface area contributed by atoms with E-state index in [1.165, 1.54) is 12.8 Å². The first-order chi connectivity index (χ1) is 9.60. The van der Waals surface area contributed by atoms with Crippen molar-refractivity contribution in [3.8, 4) is 0 Å². The van der Waals surface area contributed by atoms with Gasteiger partial charge in [-0.2, -0.15) is 0 Å². The first-order valence-electron chi connectivity index (χ1n) is 7.73. The van der Waals surface area contributed by atoms with Crippen LogP contribution in [-0.4, -0.2) is 28.2 Å². The van der Waals surface area contributed by atoms with Crippen LogP contribution in [0.25, 0.3) is 0 Å². The number of hydrogen-bond donors (Lipinski definition) is 2. The van der Waals surface area contributed by atoms with E-state index in [1.807, 2.05) is 18.3 Å². The molecule has 1 heterocycles. The maximum absolute atomic E-state index is 12.3. The molecule has 2 aliphatic carbocycles. The highest BCUT2D eigenvalue weighted by molar-refractivity contribution is 5.92. The Balaban J connectivity index is 1.62. The summed E-state index contributed by atoms with van der Waals surface area (Å²) in [6.45, 7) is 2.64. The minimum absolute atomic E-state index is 0.0131. The summed E-state index contributed by atoms with van der Waals surface area (Å²) < 4.78 is 2.08. The van der Waals surface area contributed by atoms with Crippen molar-refractivity contribution in [1.29, 1.82) is 0 Å². The zero-order valence-electron chi connectivity index (χ0n) is 12.1. The van der Waals surface area contributed by atoms with Crippen LogP contribution in [0.3, 0.4) is 0 Å². The Morgan fingerprint density at radius 3 is 2.95 bits per heavy atom. The molecule has 20 heavy (non-hydrogen) atoms. The van der Waals surface area contributed by atoms with E-state index >= 15 is 0 Å². The van der Waals surface area contributed by atoms with Crippen LogP contribution in [0.5, 0.6) is 0 Å². The van der Waals surface area contributed by atoms with Gasteiger partial charge in [0.2, 0.25) is 0 Å². The lowest BCUT2D eigenvalue weighted by molar-refractivity contribution is 0.00185. The van der Waals surface area contributed by atoms with E-state index in [4.69, 9.17) is 0 Å². The number of carbonyl (C=O) groups is 1. The van der Waals surface area contributed by atoms with Crippen LogP contribution in [0.2, 0.25) is 0 Å². The number of rotatable bonds is 4. The van der Waals surface area contributed by atoms with Gasteiger partial charge in [-0.3, -0.25) is 4.79 Å². The lowest BCUT2D eigenvalue weighted by Crippen LogP contribution is -2.45. The van der Waals surface area contributed by atoms with Gasteiger partial charge in [0.15, 0.2) is 0 Å². The molecule has 3 rings (SSSR count). The van der Waals surface area contributed by atoms with Crippen molar-refractivity contribution in [3.63, 3.8) is 0 Å². The molecular weight excluding hydrogens is 252 g/mol. The number of aromatic nitrogens is 1. The highest BCUT2D eigenvalue weighted by Crippen LogP contribution is 2.37. The number of amides is 1. The van der Waals surface area contributed by atoms with Crippen molar-refractivity contribution in [2.75, 3.05) is 6.54 Å². The molecule has 0 aromatic carbocycles. The van der Waals surface area contributed by atoms with E-state index in [2.05, 4.69) is 16.8 Å². The molecule has 2 unspecified atom stereocenters. The summed E-state index contributed by atoms with van der Waals surface area (Å²) in [6, 6.07) is 4.33. The van der Waals surface area contributed by atoms with E-state index in [-0.39, 0.29) is 17.4 Å². The Bertz CT molecular complexity index is 492. The molecule has 2 fully saturated rings. The number of aliphatic hydroxyl groups is 1. The molecular formula is C16H24N2O2. The summed E-state index contributed by atoms with van der Waals surface area (Å²) in [6.07, 6.45) is 8.10. The normalized spacial score (nSPS) is 30.2. The molecule has 0 spiro atoms. The maximum Gasteiger partial charge on any atom is 0.267 e. The Labute approximate surface area is 120 Å². The number of nitrogens with one attached hydrogen (secondary N) is 1. The quantitative estimate of drug-likeness (QED) is 0.887. The molecule has 1 aromatic rings. The molecule has 4 heteroatoms. The summed E-state index contributed by atoms with van der Waals surface area (Å²) in [7, 11) is 0. The largest absolute Gasteiger partial charge is 0.392 e. The molecule has 2 atom stereocenters. The summed E-state index contributed by atoms with van der Waals surface area (Å²) in [5, 5.41) is 13.2. The van der Waals surface area contributed by atoms with E-state index in [0.717, 1.165) is 31.4 Å². The average Bonchev–Trinajstić information content (AvgIpc) is 3.17. The first kappa shape index (κ1) is 13.7. The number of aliphatic hydroxyl groups excluding tert-OH is 1. The molecule has 0 bridgehead atoms. The predicted molar refractivity (Wildman–Crippen MR) is 77.6 cm³/mol. The van der Waals surface area contributed by atoms with Gasteiger partial charge in [-0.05, 0) is 37.8 Å². The Morgan fingerprint density at radius 2 is 2.25 bits per heavy atom. The number of nitrogens with zero attached hydrogens (tertiary/aromatic N) is 1. The first-order valence-corrected chi connectivity index (χ1v) is 7.73. The second-order valence-electron chi connectivity index (χ2n) is 6.63. The van der Waals surface area contributed by atoms with Crippen molar-refractivity contribution in [2.24, 2.45) is 5.41 Å². The second kappa shape index (κ2) is 5.24. The van der Waals surface area contributed by atoms with Crippen molar-refractivity contribution in [2.45, 2.75) is 57.6 Å². The van der Waals surface area contributed by atoms with Crippen LogP contribution in [0.4, 0.5) is 0 Å². The molecule has 0 aliphatic heterocycles. The van der Waals surface area contributed by atoms with E-state index in [9.17, 15) is 9.90 Å². The Hall–Kier alpha value is -1.29. The van der Waals surface area contributed by atoms with Gasteiger partial charge in [0.05, 0.1) is 6.10 Å². The second-order valence-corrected chi connectivity index (χ2v) is 6.63. The number of hydrogen-bond acceptors (Lipinski definition) is 2. The summed E-state index contributed by atoms with van der Waals surface area (Å²) in [5.41, 5.74) is 0.576. The zero-order chi connectivity index (χ0) is 14.2. The van der Waals surface area contributed by atoms with E-state index in [0.29, 0.717) is 12.6 Å². The van der Waals surface area contributed by atoms with Gasteiger partial charge in [0, 0.05) is 24.2 Å². The summed E-state index contributed by atoms with van der Waals surface area (Å²) >= 11 is 0. The number of carbonyl (C=O) groups excluding carboxylic acids is 1. The van der Waals surface area contributed by atoms with Crippen molar-refractivity contribution in [1.82, 2.24) is 9.88 Å². The van der Waals surface area contributed by atoms with Crippen molar-refractivity contribution < 1.29 is 9.90 Å². The smallest absolute Gasteiger partial charge is 0.267 e. The minimum Gasteiger partial charge on any atom is -0.392 e.